The molecule has 0 aliphatic carbocycles. The molecule has 0 unspecified atom stereocenters. The summed E-state index contributed by atoms with van der Waals surface area (Å²) in [5.74, 6) is 0. The Morgan fingerprint density at radius 3 is 2.00 bits per heavy atom. The molecule has 0 bridgehead atoms. The van der Waals surface area contributed by atoms with Gasteiger partial charge in [0.2, 0.25) is 0 Å². The zero-order valence-electron chi connectivity index (χ0n) is 9.18. The lowest BCUT2D eigenvalue weighted by Crippen LogP contribution is -1.94. The van der Waals surface area contributed by atoms with Crippen molar-refractivity contribution in [3.63, 3.8) is 0 Å². The zero-order valence-corrected chi connectivity index (χ0v) is 13.0. The van der Waals surface area contributed by atoms with Crippen molar-refractivity contribution in [1.29, 1.82) is 0 Å². The maximum absolute atomic E-state index is 11.4. The van der Waals surface area contributed by atoms with Crippen LogP contribution in [0.4, 0.5) is 0 Å². The fourth-order valence-electron chi connectivity index (χ4n) is 1.64. The molecular formula is C13H5Cl5O. The van der Waals surface area contributed by atoms with Gasteiger partial charge >= 0.3 is 0 Å². The number of rotatable bonds is 2. The minimum atomic E-state index is -0.611. The minimum Gasteiger partial charge on any atom is -0.276 e. The monoisotopic (exact) mass is 352 g/mol. The summed E-state index contributed by atoms with van der Waals surface area (Å²) in [7, 11) is 0. The topological polar surface area (TPSA) is 17.1 Å². The first kappa shape index (κ1) is 15.0. The maximum Gasteiger partial charge on any atom is 0.253 e. The highest BCUT2D eigenvalue weighted by molar-refractivity contribution is 6.68. The van der Waals surface area contributed by atoms with Gasteiger partial charge in [-0.15, -0.1) is 0 Å². The first-order valence-electron chi connectivity index (χ1n) is 5.04. The van der Waals surface area contributed by atoms with E-state index in [2.05, 4.69) is 0 Å². The molecule has 0 fully saturated rings. The summed E-state index contributed by atoms with van der Waals surface area (Å²) < 4.78 is 0. The van der Waals surface area contributed by atoms with Crippen molar-refractivity contribution < 1.29 is 4.79 Å². The van der Waals surface area contributed by atoms with E-state index in [9.17, 15) is 4.79 Å². The average molecular weight is 354 g/mol. The predicted molar refractivity (Wildman–Crippen MR) is 82.1 cm³/mol. The Kier molecular flexibility index (Phi) is 4.65. The maximum atomic E-state index is 11.4. The van der Waals surface area contributed by atoms with E-state index in [-0.39, 0.29) is 10.6 Å². The van der Waals surface area contributed by atoms with Crippen molar-refractivity contribution in [2.24, 2.45) is 0 Å². The molecule has 0 aliphatic rings. The molecule has 1 nitrogen and oxygen atoms in total. The summed E-state index contributed by atoms with van der Waals surface area (Å²) in [6.45, 7) is 0. The Bertz CT molecular complexity index is 643. The van der Waals surface area contributed by atoms with Crippen LogP contribution in [0.2, 0.25) is 20.1 Å². The number of hydrogen-bond acceptors (Lipinski definition) is 1. The van der Waals surface area contributed by atoms with Crippen LogP contribution in [0.15, 0.2) is 30.3 Å². The van der Waals surface area contributed by atoms with E-state index in [0.717, 1.165) is 0 Å². The highest BCUT2D eigenvalue weighted by Gasteiger charge is 2.14. The van der Waals surface area contributed by atoms with E-state index < -0.39 is 5.24 Å². The smallest absolute Gasteiger partial charge is 0.253 e. The molecule has 0 saturated heterocycles. The van der Waals surface area contributed by atoms with E-state index in [1.54, 1.807) is 24.3 Å². The number of halogens is 5. The minimum absolute atomic E-state index is 0.264. The molecule has 2 aromatic carbocycles. The SMILES string of the molecule is O=C(Cl)c1cc(Cl)ccc1-c1cc(Cl)c(Cl)c(Cl)c1. The van der Waals surface area contributed by atoms with Crippen molar-refractivity contribution in [2.75, 3.05) is 0 Å². The molecule has 2 aromatic rings. The molecule has 0 atom stereocenters. The molecule has 98 valence electrons. The first-order chi connectivity index (χ1) is 8.90. The van der Waals surface area contributed by atoms with Crippen LogP contribution >= 0.6 is 58.0 Å². The molecule has 0 saturated carbocycles. The summed E-state index contributed by atoms with van der Waals surface area (Å²) in [6.07, 6.45) is 0. The summed E-state index contributed by atoms with van der Waals surface area (Å²) in [4.78, 5) is 11.4. The van der Waals surface area contributed by atoms with Crippen LogP contribution in [0, 0.1) is 0 Å². The lowest BCUT2D eigenvalue weighted by atomic mass is 10.0. The molecule has 0 aromatic heterocycles. The molecule has 2 rings (SSSR count). The fourth-order valence-corrected chi connectivity index (χ4v) is 2.57. The van der Waals surface area contributed by atoms with Gasteiger partial charge in [-0.25, -0.2) is 0 Å². The standard InChI is InChI=1S/C13H5Cl5O/c14-7-1-2-8(9(5-7)13(18)19)6-3-10(15)12(17)11(16)4-6/h1-5H. The van der Waals surface area contributed by atoms with Gasteiger partial charge in [-0.3, -0.25) is 4.79 Å². The molecule has 0 spiro atoms. The van der Waals surface area contributed by atoms with Gasteiger partial charge in [0.1, 0.15) is 0 Å². The van der Waals surface area contributed by atoms with E-state index >= 15 is 0 Å². The van der Waals surface area contributed by atoms with E-state index in [4.69, 9.17) is 58.0 Å². The van der Waals surface area contributed by atoms with Crippen LogP contribution in [-0.2, 0) is 0 Å². The number of benzene rings is 2. The van der Waals surface area contributed by atoms with Crippen molar-refractivity contribution in [3.8, 4) is 11.1 Å². The summed E-state index contributed by atoms with van der Waals surface area (Å²) >= 11 is 29.2. The van der Waals surface area contributed by atoms with Gasteiger partial charge in [0.05, 0.1) is 15.1 Å². The van der Waals surface area contributed by atoms with Crippen molar-refractivity contribution >= 4 is 63.2 Å². The molecule has 19 heavy (non-hydrogen) atoms. The van der Waals surface area contributed by atoms with Crippen molar-refractivity contribution in [1.82, 2.24) is 0 Å². The van der Waals surface area contributed by atoms with Crippen molar-refractivity contribution in [2.45, 2.75) is 0 Å². The fraction of sp³-hybridized carbons (Fsp3) is 0. The zero-order chi connectivity index (χ0) is 14.2. The second-order valence-corrected chi connectivity index (χ2v) is 5.69. The highest BCUT2D eigenvalue weighted by atomic mass is 35.5. The van der Waals surface area contributed by atoms with Gasteiger partial charge in [-0.1, -0.05) is 52.5 Å². The Morgan fingerprint density at radius 1 is 0.895 bits per heavy atom. The lowest BCUT2D eigenvalue weighted by molar-refractivity contribution is 0.108. The van der Waals surface area contributed by atoms with Crippen LogP contribution in [-0.4, -0.2) is 5.24 Å². The Morgan fingerprint density at radius 2 is 1.47 bits per heavy atom. The Hall–Kier alpha value is -0.440. The lowest BCUT2D eigenvalue weighted by Gasteiger charge is -2.09. The van der Waals surface area contributed by atoms with Gasteiger partial charge < -0.3 is 0 Å². The summed E-state index contributed by atoms with van der Waals surface area (Å²) in [5, 5.41) is 0.664. The average Bonchev–Trinajstić information content (AvgIpc) is 2.35. The van der Waals surface area contributed by atoms with Crippen LogP contribution in [0.3, 0.4) is 0 Å². The normalized spacial score (nSPS) is 10.6. The van der Waals surface area contributed by atoms with E-state index in [1.165, 1.54) is 6.07 Å². The van der Waals surface area contributed by atoms with Gasteiger partial charge in [-0.05, 0) is 47.0 Å². The molecular weight excluding hydrogens is 349 g/mol. The van der Waals surface area contributed by atoms with Crippen molar-refractivity contribution in [3.05, 3.63) is 56.0 Å². The number of carbonyl (C=O) groups excluding carboxylic acids is 1. The predicted octanol–water partition coefficient (Wildman–Crippen LogP) is 6.35. The van der Waals surface area contributed by atoms with Gasteiger partial charge in [-0.2, -0.15) is 0 Å². The quantitative estimate of drug-likeness (QED) is 0.454. The van der Waals surface area contributed by atoms with Gasteiger partial charge in [0, 0.05) is 10.6 Å². The van der Waals surface area contributed by atoms with Crippen LogP contribution in [0.5, 0.6) is 0 Å². The Labute approximate surface area is 135 Å². The Balaban J connectivity index is 2.68. The number of carbonyl (C=O) groups is 1. The third-order valence-electron chi connectivity index (χ3n) is 2.49. The molecule has 0 heterocycles. The molecule has 6 heteroatoms. The second kappa shape index (κ2) is 5.90. The van der Waals surface area contributed by atoms with Crippen LogP contribution in [0.1, 0.15) is 10.4 Å². The molecule has 0 aliphatic heterocycles. The second-order valence-electron chi connectivity index (χ2n) is 3.72. The largest absolute Gasteiger partial charge is 0.276 e. The third kappa shape index (κ3) is 3.18. The molecule has 0 N–H and O–H groups in total. The van der Waals surface area contributed by atoms with Crippen LogP contribution in [0.25, 0.3) is 11.1 Å². The summed E-state index contributed by atoms with van der Waals surface area (Å²) in [5.41, 5.74) is 1.51. The first-order valence-corrected chi connectivity index (χ1v) is 6.93. The summed E-state index contributed by atoms with van der Waals surface area (Å²) in [6, 6.07) is 8.04. The highest BCUT2D eigenvalue weighted by Crippen LogP contribution is 2.37. The molecule has 0 amide bonds. The van der Waals surface area contributed by atoms with E-state index in [1.807, 2.05) is 0 Å². The van der Waals surface area contributed by atoms with Gasteiger partial charge in [0.15, 0.2) is 0 Å². The van der Waals surface area contributed by atoms with Crippen LogP contribution < -0.4 is 0 Å². The third-order valence-corrected chi connectivity index (χ3v) is 4.12. The van der Waals surface area contributed by atoms with E-state index in [0.29, 0.717) is 26.2 Å². The number of hydrogen-bond donors (Lipinski definition) is 0. The van der Waals surface area contributed by atoms with Gasteiger partial charge in [0.25, 0.3) is 5.24 Å². The molecule has 0 radical (unpaired) electrons.